The zero-order valence-corrected chi connectivity index (χ0v) is 12.5. The fourth-order valence-corrected chi connectivity index (χ4v) is 3.12. The molecule has 7 heteroatoms. The van der Waals surface area contributed by atoms with Crippen LogP contribution in [0.1, 0.15) is 11.1 Å². The second kappa shape index (κ2) is 6.02. The third-order valence-electron chi connectivity index (χ3n) is 3.15. The molecule has 0 fully saturated rings. The molecule has 0 aliphatic carbocycles. The lowest BCUT2D eigenvalue weighted by Gasteiger charge is -2.08. The van der Waals surface area contributed by atoms with Crippen LogP contribution in [0.25, 0.3) is 11.0 Å². The van der Waals surface area contributed by atoms with Gasteiger partial charge >= 0.3 is 5.63 Å². The van der Waals surface area contributed by atoms with Gasteiger partial charge in [0.1, 0.15) is 28.2 Å². The van der Waals surface area contributed by atoms with Crippen molar-refractivity contribution < 1.29 is 14.6 Å². The normalized spacial score (nSPS) is 10.6. The first-order valence-electron chi connectivity index (χ1n) is 6.55. The lowest BCUT2D eigenvalue weighted by Crippen LogP contribution is -2.00. The second-order valence-electron chi connectivity index (χ2n) is 4.69. The van der Waals surface area contributed by atoms with Gasteiger partial charge in [0.2, 0.25) is 0 Å². The summed E-state index contributed by atoms with van der Waals surface area (Å²) in [4.78, 5) is 15.8. The molecule has 2 aromatic heterocycles. The van der Waals surface area contributed by atoms with E-state index in [9.17, 15) is 15.0 Å². The number of benzene rings is 1. The SMILES string of the molecule is N#Cc1cccnc1SCc1cc(=O)oc2cc(O)cc(O)c12. The Labute approximate surface area is 134 Å². The van der Waals surface area contributed by atoms with Gasteiger partial charge in [0.15, 0.2) is 0 Å². The minimum atomic E-state index is -0.584. The molecule has 0 radical (unpaired) electrons. The predicted molar refractivity (Wildman–Crippen MR) is 84.3 cm³/mol. The van der Waals surface area contributed by atoms with Crippen molar-refractivity contribution in [1.29, 1.82) is 5.26 Å². The maximum atomic E-state index is 11.7. The Kier molecular flexibility index (Phi) is 3.91. The lowest BCUT2D eigenvalue weighted by atomic mass is 10.1. The summed E-state index contributed by atoms with van der Waals surface area (Å²) in [5.41, 5.74) is 0.492. The minimum Gasteiger partial charge on any atom is -0.508 e. The Bertz CT molecular complexity index is 992. The van der Waals surface area contributed by atoms with Gasteiger partial charge in [-0.2, -0.15) is 5.26 Å². The van der Waals surface area contributed by atoms with Crippen LogP contribution < -0.4 is 5.63 Å². The van der Waals surface area contributed by atoms with Crippen molar-refractivity contribution >= 4 is 22.7 Å². The van der Waals surface area contributed by atoms with E-state index in [4.69, 9.17) is 9.68 Å². The number of hydrogen-bond acceptors (Lipinski definition) is 7. The van der Waals surface area contributed by atoms with Crippen LogP contribution in [-0.4, -0.2) is 15.2 Å². The van der Waals surface area contributed by atoms with E-state index in [1.54, 1.807) is 18.3 Å². The van der Waals surface area contributed by atoms with Crippen LogP contribution in [0, 0.1) is 11.3 Å². The van der Waals surface area contributed by atoms with Crippen molar-refractivity contribution in [2.24, 2.45) is 0 Å². The average Bonchev–Trinajstić information content (AvgIpc) is 2.51. The van der Waals surface area contributed by atoms with E-state index in [1.807, 2.05) is 0 Å². The molecule has 0 unspecified atom stereocenters. The maximum Gasteiger partial charge on any atom is 0.336 e. The monoisotopic (exact) mass is 326 g/mol. The van der Waals surface area contributed by atoms with Crippen LogP contribution in [0.4, 0.5) is 0 Å². The molecule has 114 valence electrons. The van der Waals surface area contributed by atoms with Crippen molar-refractivity contribution in [3.05, 3.63) is 58.1 Å². The molecular weight excluding hydrogens is 316 g/mol. The molecule has 0 spiro atoms. The van der Waals surface area contributed by atoms with Crippen LogP contribution in [0.5, 0.6) is 11.5 Å². The summed E-state index contributed by atoms with van der Waals surface area (Å²) >= 11 is 1.27. The predicted octanol–water partition coefficient (Wildman–Crippen LogP) is 2.76. The van der Waals surface area contributed by atoms with Gasteiger partial charge in [0.25, 0.3) is 0 Å². The van der Waals surface area contributed by atoms with E-state index >= 15 is 0 Å². The third kappa shape index (κ3) is 2.98. The van der Waals surface area contributed by atoms with Crippen LogP contribution in [-0.2, 0) is 5.75 Å². The second-order valence-corrected chi connectivity index (χ2v) is 5.65. The number of nitriles is 1. The molecule has 0 saturated heterocycles. The number of aromatic nitrogens is 1. The molecule has 3 rings (SSSR count). The summed E-state index contributed by atoms with van der Waals surface area (Å²) in [5, 5.41) is 29.5. The number of rotatable bonds is 3. The van der Waals surface area contributed by atoms with Gasteiger partial charge in [-0.25, -0.2) is 9.78 Å². The fraction of sp³-hybridized carbons (Fsp3) is 0.0625. The van der Waals surface area contributed by atoms with Gasteiger partial charge < -0.3 is 14.6 Å². The molecule has 0 aliphatic heterocycles. The van der Waals surface area contributed by atoms with E-state index in [-0.39, 0.29) is 17.1 Å². The molecule has 23 heavy (non-hydrogen) atoms. The molecule has 1 aromatic carbocycles. The molecule has 0 atom stereocenters. The highest BCUT2D eigenvalue weighted by atomic mass is 32.2. The molecule has 0 saturated carbocycles. The first kappa shape index (κ1) is 14.9. The smallest absolute Gasteiger partial charge is 0.336 e. The Morgan fingerprint density at radius 3 is 2.91 bits per heavy atom. The topological polar surface area (TPSA) is 107 Å². The Morgan fingerprint density at radius 1 is 1.30 bits per heavy atom. The maximum absolute atomic E-state index is 11.7. The number of thioether (sulfide) groups is 1. The van der Waals surface area contributed by atoms with Crippen molar-refractivity contribution in [3.8, 4) is 17.6 Å². The first-order chi connectivity index (χ1) is 11.1. The summed E-state index contributed by atoms with van der Waals surface area (Å²) < 4.78 is 5.01. The van der Waals surface area contributed by atoms with Gasteiger partial charge in [-0.15, -0.1) is 11.8 Å². The fourth-order valence-electron chi connectivity index (χ4n) is 2.19. The van der Waals surface area contributed by atoms with Crippen LogP contribution in [0.2, 0.25) is 0 Å². The van der Waals surface area contributed by atoms with Crippen molar-refractivity contribution in [2.75, 3.05) is 0 Å². The van der Waals surface area contributed by atoms with Crippen molar-refractivity contribution in [1.82, 2.24) is 4.98 Å². The Morgan fingerprint density at radius 2 is 2.13 bits per heavy atom. The number of hydrogen-bond donors (Lipinski definition) is 2. The van der Waals surface area contributed by atoms with Crippen LogP contribution in [0.15, 0.2) is 50.8 Å². The van der Waals surface area contributed by atoms with Crippen molar-refractivity contribution in [3.63, 3.8) is 0 Å². The quantitative estimate of drug-likeness (QED) is 0.563. The van der Waals surface area contributed by atoms with E-state index in [0.29, 0.717) is 27.3 Å². The number of phenolic OH excluding ortho intramolecular Hbond substituents is 2. The first-order valence-corrected chi connectivity index (χ1v) is 7.53. The highest BCUT2D eigenvalue weighted by Gasteiger charge is 2.13. The van der Waals surface area contributed by atoms with E-state index in [2.05, 4.69) is 11.1 Å². The molecule has 0 amide bonds. The van der Waals surface area contributed by atoms with E-state index < -0.39 is 5.63 Å². The van der Waals surface area contributed by atoms with Gasteiger partial charge in [-0.05, 0) is 17.7 Å². The van der Waals surface area contributed by atoms with Crippen LogP contribution >= 0.6 is 11.8 Å². The summed E-state index contributed by atoms with van der Waals surface area (Å²) in [6, 6.07) is 9.11. The number of aromatic hydroxyl groups is 2. The van der Waals surface area contributed by atoms with E-state index in [1.165, 1.54) is 30.0 Å². The third-order valence-corrected chi connectivity index (χ3v) is 4.20. The molecule has 0 bridgehead atoms. The largest absolute Gasteiger partial charge is 0.508 e. The molecule has 3 aromatic rings. The molecule has 2 heterocycles. The standard InChI is InChI=1S/C16H10N2O4S/c17-7-9-2-1-3-18-16(9)23-8-10-4-14(21)22-13-6-11(19)5-12(20)15(10)13/h1-6,19-20H,8H2. The summed E-state index contributed by atoms with van der Waals surface area (Å²) in [6.45, 7) is 0. The van der Waals surface area contributed by atoms with Crippen LogP contribution in [0.3, 0.4) is 0 Å². The average molecular weight is 326 g/mol. The minimum absolute atomic E-state index is 0.104. The summed E-state index contributed by atoms with van der Waals surface area (Å²) in [7, 11) is 0. The summed E-state index contributed by atoms with van der Waals surface area (Å²) in [5.74, 6) is -0.0631. The Balaban J connectivity index is 2.04. The summed E-state index contributed by atoms with van der Waals surface area (Å²) in [6.07, 6.45) is 1.58. The highest BCUT2D eigenvalue weighted by molar-refractivity contribution is 7.98. The number of phenols is 2. The van der Waals surface area contributed by atoms with E-state index in [0.717, 1.165) is 0 Å². The highest BCUT2D eigenvalue weighted by Crippen LogP contribution is 2.34. The molecule has 6 nitrogen and oxygen atoms in total. The van der Waals surface area contributed by atoms with Crippen molar-refractivity contribution in [2.45, 2.75) is 10.8 Å². The molecular formula is C16H10N2O4S. The number of nitrogens with zero attached hydrogens (tertiary/aromatic N) is 2. The zero-order chi connectivity index (χ0) is 16.4. The molecule has 0 aliphatic rings. The number of fused-ring (bicyclic) bond motifs is 1. The van der Waals surface area contributed by atoms with Gasteiger partial charge in [-0.1, -0.05) is 0 Å². The number of pyridine rings is 1. The van der Waals surface area contributed by atoms with Gasteiger partial charge in [0, 0.05) is 30.1 Å². The van der Waals surface area contributed by atoms with Gasteiger partial charge in [0.05, 0.1) is 10.9 Å². The lowest BCUT2D eigenvalue weighted by molar-refractivity contribution is 0.451. The molecule has 2 N–H and O–H groups in total. The Hall–Kier alpha value is -2.98. The van der Waals surface area contributed by atoms with Gasteiger partial charge in [-0.3, -0.25) is 0 Å². The zero-order valence-electron chi connectivity index (χ0n) is 11.7.